The van der Waals surface area contributed by atoms with Crippen LogP contribution in [0.1, 0.15) is 117 Å². The van der Waals surface area contributed by atoms with E-state index in [1.165, 1.54) is 100 Å². The van der Waals surface area contributed by atoms with Gasteiger partial charge in [-0.1, -0.05) is 90.4 Å². The summed E-state index contributed by atoms with van der Waals surface area (Å²) >= 11 is 0. The van der Waals surface area contributed by atoms with Gasteiger partial charge in [0.25, 0.3) is 30.4 Å². The van der Waals surface area contributed by atoms with Crippen molar-refractivity contribution in [2.75, 3.05) is 136 Å². The predicted octanol–water partition coefficient (Wildman–Crippen LogP) is 0.0385. The van der Waals surface area contributed by atoms with Crippen LogP contribution in [0, 0.1) is 0 Å². The molecule has 0 aliphatic rings. The first-order chi connectivity index (χ1) is 32.4. The van der Waals surface area contributed by atoms with Gasteiger partial charge in [0.1, 0.15) is 17.3 Å². The zero-order valence-corrected chi connectivity index (χ0v) is 45.8. The molecule has 0 radical (unpaired) electrons. The van der Waals surface area contributed by atoms with Crippen LogP contribution in [-0.4, -0.2) is 307 Å². The van der Waals surface area contributed by atoms with Crippen LogP contribution in [0.25, 0.3) is 0 Å². The molecule has 0 aromatic heterocycles. The monoisotopic (exact) mass is 1130 g/mol. The summed E-state index contributed by atoms with van der Waals surface area (Å²) in [5.74, 6) is -2.58. The van der Waals surface area contributed by atoms with E-state index in [-0.39, 0.29) is 151 Å². The Bertz CT molecular complexity index is 1540. The van der Waals surface area contributed by atoms with Gasteiger partial charge in [-0.15, -0.1) is 0 Å². The Morgan fingerprint density at radius 1 is 0.521 bits per heavy atom. The van der Waals surface area contributed by atoms with Crippen molar-refractivity contribution in [1.29, 1.82) is 0 Å². The van der Waals surface area contributed by atoms with E-state index in [0.29, 0.717) is 17.4 Å². The third-order valence-electron chi connectivity index (χ3n) is 11.3. The topological polar surface area (TPSA) is 311 Å². The fourth-order valence-corrected chi connectivity index (χ4v) is 12.7. The summed E-state index contributed by atoms with van der Waals surface area (Å²) in [5.41, 5.74) is 0. The average Bonchev–Trinajstić information content (AvgIpc) is 3.20. The third-order valence-corrected chi connectivity index (χ3v) is 17.2. The summed E-state index contributed by atoms with van der Waals surface area (Å²) in [7, 11) is -12.9. The molecule has 0 spiro atoms. The van der Waals surface area contributed by atoms with Gasteiger partial charge in [-0.25, -0.2) is 0 Å². The molecule has 0 heterocycles. The van der Waals surface area contributed by atoms with Crippen LogP contribution in [0.2, 0.25) is 6.04 Å². The average molecular weight is 1130 g/mol. The van der Waals surface area contributed by atoms with Gasteiger partial charge < -0.3 is 48.4 Å². The molecule has 0 aliphatic carbocycles. The Hall–Kier alpha value is 1.43. The van der Waals surface area contributed by atoms with E-state index in [1.807, 2.05) is 0 Å². The third kappa shape index (κ3) is 47.2. The van der Waals surface area contributed by atoms with Crippen LogP contribution in [-0.2, 0) is 47.9 Å². The molecular weight excluding hydrogens is 1030 g/mol. The maximum atomic E-state index is 12.6. The number of hydroxylamine groups is 2. The van der Waals surface area contributed by atoms with Gasteiger partial charge in [0.05, 0.1) is 85.1 Å². The molecule has 0 fully saturated rings. The van der Waals surface area contributed by atoms with Crippen molar-refractivity contribution in [3.63, 3.8) is 0 Å². The van der Waals surface area contributed by atoms with Crippen molar-refractivity contribution in [1.82, 2.24) is 14.9 Å². The van der Waals surface area contributed by atoms with Gasteiger partial charge >= 0.3 is 67.9 Å². The SMILES string of the molecule is CCCCCCCCCCCCCCCCC[N+](C)(C)CCC[Si](OCCN(CCO)CC(O)CS(=O)(=O)O)(OCCN(CCO)CC(O)CS(=O)(=O)O)OCCN(CCO)OS(=O)(=O)CC(C)O.[NaH].[NaH]. The molecule has 0 amide bonds. The van der Waals surface area contributed by atoms with E-state index in [4.69, 9.17) is 17.6 Å². The van der Waals surface area contributed by atoms with Gasteiger partial charge in [0.2, 0.25) is 0 Å². The number of rotatable bonds is 50. The standard InChI is InChI=1S/C43H94N4O18S3Si.2Na.2H/c1-5-6-7-8-9-10-11-12-13-14-15-16-17-18-19-27-47(3,4)28-20-35-69(62-32-24-44(21-29-48)36-42(52)39-66(54,55)56,63-33-25-45(22-30-49)37-43(53)40-67(57,58)59)64-34-26-46(23-31-50)65-68(60,61)38-41(2)51;;;;/h41-43,48-53H,5-40H2,1-4H3,(H-,54,55,56,57,58,59);;;;/p+1. The number of quaternary nitrogens is 1. The molecule has 28 heteroatoms. The van der Waals surface area contributed by atoms with Crippen LogP contribution in [0.4, 0.5) is 0 Å². The fourth-order valence-electron chi connectivity index (χ4n) is 7.90. The van der Waals surface area contributed by atoms with Crippen molar-refractivity contribution >= 4 is 98.3 Å². The van der Waals surface area contributed by atoms with Crippen molar-refractivity contribution in [2.24, 2.45) is 0 Å². The normalized spacial score (nSPS) is 14.9. The Morgan fingerprint density at radius 3 is 1.25 bits per heavy atom. The molecule has 0 saturated heterocycles. The first kappa shape index (κ1) is 76.7. The molecular formula is C43H97N4Na2O18S3Si+. The van der Waals surface area contributed by atoms with E-state index in [2.05, 4.69) is 21.0 Å². The number of aliphatic hydroxyl groups excluding tert-OH is 6. The van der Waals surface area contributed by atoms with Crippen LogP contribution in [0.5, 0.6) is 0 Å². The molecule has 71 heavy (non-hydrogen) atoms. The molecule has 3 unspecified atom stereocenters. The van der Waals surface area contributed by atoms with Crippen molar-refractivity contribution in [3.05, 3.63) is 0 Å². The Balaban J connectivity index is -0.0000231. The molecule has 0 aromatic rings. The first-order valence-electron chi connectivity index (χ1n) is 25.0. The van der Waals surface area contributed by atoms with Gasteiger partial charge in [0.15, 0.2) is 0 Å². The van der Waals surface area contributed by atoms with Gasteiger partial charge in [-0.2, -0.15) is 34.6 Å². The molecule has 3 atom stereocenters. The zero-order valence-electron chi connectivity index (χ0n) is 42.4. The van der Waals surface area contributed by atoms with E-state index in [1.54, 1.807) is 0 Å². The van der Waals surface area contributed by atoms with E-state index in [0.717, 1.165) is 24.4 Å². The summed E-state index contributed by atoms with van der Waals surface area (Å²) in [6.45, 7) is 2.52. The first-order valence-corrected chi connectivity index (χ1v) is 31.7. The Labute approximate surface area is 473 Å². The molecule has 0 aliphatic heterocycles. The number of nitrogens with zero attached hydrogens (tertiary/aromatic N) is 4. The van der Waals surface area contributed by atoms with Crippen molar-refractivity contribution in [2.45, 2.75) is 141 Å². The number of hydrogen-bond donors (Lipinski definition) is 8. The molecule has 0 aromatic carbocycles. The second kappa shape index (κ2) is 44.3. The second-order valence-corrected chi connectivity index (χ2v) is 26.1. The van der Waals surface area contributed by atoms with Crippen LogP contribution < -0.4 is 0 Å². The summed E-state index contributed by atoms with van der Waals surface area (Å²) in [4.78, 5) is 3.05. The summed E-state index contributed by atoms with van der Waals surface area (Å²) < 4.78 is 115. The zero-order chi connectivity index (χ0) is 52.2. The van der Waals surface area contributed by atoms with Crippen molar-refractivity contribution in [3.8, 4) is 0 Å². The quantitative estimate of drug-likeness (QED) is 0.0131. The molecule has 8 N–H and O–H groups in total. The summed E-state index contributed by atoms with van der Waals surface area (Å²) in [6, 6.07) is 0.228. The number of aliphatic hydroxyl groups is 6. The van der Waals surface area contributed by atoms with Crippen LogP contribution in [0.15, 0.2) is 0 Å². The van der Waals surface area contributed by atoms with Crippen LogP contribution in [0.3, 0.4) is 0 Å². The van der Waals surface area contributed by atoms with Crippen LogP contribution >= 0.6 is 0 Å². The molecule has 420 valence electrons. The maximum absolute atomic E-state index is 12.6. The van der Waals surface area contributed by atoms with Gasteiger partial charge in [-0.05, 0) is 19.8 Å². The molecule has 0 rings (SSSR count). The predicted molar refractivity (Wildman–Crippen MR) is 281 cm³/mol. The summed E-state index contributed by atoms with van der Waals surface area (Å²) in [6.07, 6.45) is 15.3. The Morgan fingerprint density at radius 2 is 0.887 bits per heavy atom. The Kier molecular flexibility index (Phi) is 47.8. The number of hydrogen-bond acceptors (Lipinski definition) is 19. The number of unbranched alkanes of at least 4 members (excludes halogenated alkanes) is 14. The van der Waals surface area contributed by atoms with E-state index >= 15 is 0 Å². The van der Waals surface area contributed by atoms with Gasteiger partial charge in [-0.3, -0.25) is 18.9 Å². The molecule has 0 saturated carbocycles. The van der Waals surface area contributed by atoms with Gasteiger partial charge in [0, 0.05) is 64.8 Å². The van der Waals surface area contributed by atoms with E-state index in [9.17, 15) is 65.0 Å². The second-order valence-electron chi connectivity index (χ2n) is 18.8. The molecule has 0 bridgehead atoms. The fraction of sp³-hybridized carbons (Fsp3) is 1.00. The summed E-state index contributed by atoms with van der Waals surface area (Å²) in [5, 5.41) is 60.6. The molecule has 22 nitrogen and oxygen atoms in total. The minimum atomic E-state index is -4.51. The van der Waals surface area contributed by atoms with Crippen molar-refractivity contribution < 1.29 is 87.0 Å². The van der Waals surface area contributed by atoms with E-state index < -0.39 is 81.3 Å². The minimum absolute atomic E-state index is 0.